The van der Waals surface area contributed by atoms with Crippen molar-refractivity contribution in [2.75, 3.05) is 0 Å². The number of rotatable bonds is 0. The van der Waals surface area contributed by atoms with Crippen molar-refractivity contribution < 1.29 is 48.1 Å². The van der Waals surface area contributed by atoms with Gasteiger partial charge in [-0.25, -0.2) is 4.57 Å². The van der Waals surface area contributed by atoms with Crippen molar-refractivity contribution in [3.05, 3.63) is 57.6 Å². The van der Waals surface area contributed by atoms with Gasteiger partial charge in [0.1, 0.15) is 11.5 Å². The van der Waals surface area contributed by atoms with Crippen molar-refractivity contribution in [1.82, 2.24) is 0 Å². The fourth-order valence-corrected chi connectivity index (χ4v) is 4.24. The molecule has 6 heteroatoms. The molecule has 0 N–H and O–H groups in total. The fourth-order valence-electron chi connectivity index (χ4n) is 3.23. The van der Waals surface area contributed by atoms with Crippen molar-refractivity contribution in [3.63, 3.8) is 0 Å². The van der Waals surface area contributed by atoms with Gasteiger partial charge in [0.2, 0.25) is 0 Å². The van der Waals surface area contributed by atoms with Crippen molar-refractivity contribution in [2.45, 2.75) is 40.5 Å². The number of phosphoric acid groups is 1. The summed E-state index contributed by atoms with van der Waals surface area (Å²) in [5.74, 6) is 0.798. The van der Waals surface area contributed by atoms with Gasteiger partial charge in [-0.15, -0.1) is 0 Å². The van der Waals surface area contributed by atoms with Crippen LogP contribution in [0.3, 0.4) is 0 Å². The summed E-state index contributed by atoms with van der Waals surface area (Å²) in [6, 6.07) is 7.80. The maximum Gasteiger partial charge on any atom is 1.00 e. The first-order valence-corrected chi connectivity index (χ1v) is 9.12. The molecule has 1 heterocycles. The van der Waals surface area contributed by atoms with E-state index in [1.54, 1.807) is 0 Å². The number of hydrogen-bond acceptors (Lipinski definition) is 4. The molecule has 0 atom stereocenters. The first kappa shape index (κ1) is 19.6. The van der Waals surface area contributed by atoms with Crippen LogP contribution in [0, 0.1) is 27.7 Å². The summed E-state index contributed by atoms with van der Waals surface area (Å²) in [7, 11) is -4.48. The van der Waals surface area contributed by atoms with Gasteiger partial charge in [-0.1, -0.05) is 35.4 Å². The van der Waals surface area contributed by atoms with Gasteiger partial charge in [-0.2, -0.15) is 0 Å². The summed E-state index contributed by atoms with van der Waals surface area (Å²) in [4.78, 5) is 12.4. The van der Waals surface area contributed by atoms with E-state index in [4.69, 9.17) is 9.05 Å². The summed E-state index contributed by atoms with van der Waals surface area (Å²) < 4.78 is 23.0. The summed E-state index contributed by atoms with van der Waals surface area (Å²) in [5, 5.41) is 0. The van der Waals surface area contributed by atoms with Crippen LogP contribution in [-0.2, 0) is 17.4 Å². The zero-order valence-corrected chi connectivity index (χ0v) is 17.7. The van der Waals surface area contributed by atoms with Crippen LogP contribution in [0.2, 0.25) is 0 Å². The average Bonchev–Trinajstić information content (AvgIpc) is 2.47. The van der Waals surface area contributed by atoms with Crippen LogP contribution >= 0.6 is 7.82 Å². The van der Waals surface area contributed by atoms with Crippen molar-refractivity contribution in [3.8, 4) is 11.5 Å². The predicted octanol–water partition coefficient (Wildman–Crippen LogP) is 0.949. The quantitative estimate of drug-likeness (QED) is 0.522. The van der Waals surface area contributed by atoms with Gasteiger partial charge in [0.05, 0.1) is 0 Å². The summed E-state index contributed by atoms with van der Waals surface area (Å²) in [6.07, 6.45) is 1.41. The minimum atomic E-state index is -4.48. The van der Waals surface area contributed by atoms with Gasteiger partial charge in [-0.3, -0.25) is 0 Å². The molecule has 0 radical (unpaired) electrons. The second-order valence-corrected chi connectivity index (χ2v) is 7.53. The Balaban J connectivity index is 0.00000208. The van der Waals surface area contributed by atoms with Crippen LogP contribution in [0.1, 0.15) is 33.4 Å². The summed E-state index contributed by atoms with van der Waals surface area (Å²) in [6.45, 7) is 7.70. The maximum atomic E-state index is 12.4. The van der Waals surface area contributed by atoms with E-state index in [1.807, 2.05) is 52.0 Å². The van der Waals surface area contributed by atoms with Crippen LogP contribution in [0.4, 0.5) is 0 Å². The number of benzene rings is 2. The number of hydrogen-bond donors (Lipinski definition) is 0. The molecule has 0 bridgehead atoms. The van der Waals surface area contributed by atoms with Crippen LogP contribution in [0.5, 0.6) is 11.5 Å². The third kappa shape index (κ3) is 4.07. The van der Waals surface area contributed by atoms with Crippen molar-refractivity contribution in [2.24, 2.45) is 0 Å². The molecule has 3 rings (SSSR count). The normalized spacial score (nSPS) is 15.4. The fraction of sp³-hybridized carbons (Fsp3) is 0.333. The predicted molar refractivity (Wildman–Crippen MR) is 88.1 cm³/mol. The Hall–Kier alpha value is -0.770. The number of phosphoric ester groups is 1. The molecule has 0 unspecified atom stereocenters. The number of fused-ring (bicyclic) bond motifs is 2. The second kappa shape index (κ2) is 7.23. The smallest absolute Gasteiger partial charge is 0.736 e. The van der Waals surface area contributed by atoms with Gasteiger partial charge in [0.25, 0.3) is 0 Å². The molecule has 0 aromatic heterocycles. The molecular weight excluding hydrogens is 334 g/mol. The topological polar surface area (TPSA) is 58.6 Å². The van der Waals surface area contributed by atoms with E-state index >= 15 is 0 Å². The van der Waals surface area contributed by atoms with Gasteiger partial charge < -0.3 is 13.9 Å². The van der Waals surface area contributed by atoms with Gasteiger partial charge >= 0.3 is 37.4 Å². The van der Waals surface area contributed by atoms with E-state index in [9.17, 15) is 9.46 Å². The second-order valence-electron chi connectivity index (χ2n) is 6.27. The Morgan fingerprint density at radius 1 is 0.833 bits per heavy atom. The van der Waals surface area contributed by atoms with Gasteiger partial charge in [-0.05, 0) is 62.8 Å². The molecule has 0 fully saturated rings. The molecule has 122 valence electrons. The summed E-state index contributed by atoms with van der Waals surface area (Å²) in [5.41, 5.74) is 5.58. The van der Waals surface area contributed by atoms with Crippen LogP contribution in [-0.4, -0.2) is 0 Å². The Bertz CT molecular complexity index is 767. The summed E-state index contributed by atoms with van der Waals surface area (Å²) >= 11 is 0. The molecular formula is C18H20NaO4P. The van der Waals surface area contributed by atoms with Crippen LogP contribution in [0.25, 0.3) is 0 Å². The maximum absolute atomic E-state index is 12.4. The Labute approximate surface area is 165 Å². The monoisotopic (exact) mass is 354 g/mol. The van der Waals surface area contributed by atoms with E-state index in [0.29, 0.717) is 24.3 Å². The minimum absolute atomic E-state index is 0. The molecule has 2 aromatic carbocycles. The molecule has 2 aromatic rings. The van der Waals surface area contributed by atoms with E-state index in [-0.39, 0.29) is 29.6 Å². The van der Waals surface area contributed by atoms with Gasteiger partial charge in [0, 0.05) is 0 Å². The number of aryl methyl sites for hydroxylation is 6. The largest absolute Gasteiger partial charge is 1.00 e. The van der Waals surface area contributed by atoms with E-state index in [1.165, 1.54) is 0 Å². The standard InChI is InChI=1S/C18H21O4P.Na/c1-11-7-13(3)17-15(9-11)5-6-16-10-12(2)8-14(4)18(16)22-23(19,20)21-17;/h7-10H,5-6H2,1-4H3,(H,19,20);/q;+1/p-1. The van der Waals surface area contributed by atoms with E-state index in [0.717, 1.165) is 33.4 Å². The molecule has 0 spiro atoms. The first-order chi connectivity index (χ1) is 10.7. The molecule has 0 amide bonds. The van der Waals surface area contributed by atoms with E-state index < -0.39 is 7.82 Å². The first-order valence-electron chi connectivity index (χ1n) is 7.66. The third-order valence-electron chi connectivity index (χ3n) is 4.06. The molecule has 0 saturated heterocycles. The molecule has 1 aliphatic heterocycles. The molecule has 0 aliphatic carbocycles. The van der Waals surface area contributed by atoms with Crippen LogP contribution < -0.4 is 43.5 Å². The minimum Gasteiger partial charge on any atom is -0.736 e. The van der Waals surface area contributed by atoms with Gasteiger partial charge in [0.15, 0.2) is 0 Å². The van der Waals surface area contributed by atoms with E-state index in [2.05, 4.69) is 0 Å². The SMILES string of the molecule is Cc1cc(C)c2c(c1)CCc1cc(C)cc(C)c1OP(=O)([O-])O2.[Na+]. The average molecular weight is 354 g/mol. The zero-order valence-electron chi connectivity index (χ0n) is 14.8. The Kier molecular flexibility index (Phi) is 5.89. The zero-order chi connectivity index (χ0) is 16.8. The molecule has 24 heavy (non-hydrogen) atoms. The van der Waals surface area contributed by atoms with Crippen molar-refractivity contribution in [1.29, 1.82) is 0 Å². The molecule has 0 saturated carbocycles. The third-order valence-corrected chi connectivity index (χ3v) is 4.87. The Morgan fingerprint density at radius 3 is 1.58 bits per heavy atom. The Morgan fingerprint density at radius 2 is 1.21 bits per heavy atom. The molecule has 4 nitrogen and oxygen atoms in total. The van der Waals surface area contributed by atoms with Crippen LogP contribution in [0.15, 0.2) is 24.3 Å². The van der Waals surface area contributed by atoms with Crippen molar-refractivity contribution >= 4 is 7.82 Å². The molecule has 1 aliphatic rings.